The number of anilines is 1. The molecule has 5 nitrogen and oxygen atoms in total. The molecule has 4 rings (SSSR count). The van der Waals surface area contributed by atoms with Crippen LogP contribution in [-0.2, 0) is 6.42 Å². The summed E-state index contributed by atoms with van der Waals surface area (Å²) in [5.74, 6) is 0.577. The van der Waals surface area contributed by atoms with Gasteiger partial charge in [-0.15, -0.1) is 0 Å². The zero-order valence-electron chi connectivity index (χ0n) is 19.3. The van der Waals surface area contributed by atoms with Gasteiger partial charge in [-0.05, 0) is 36.2 Å². The summed E-state index contributed by atoms with van der Waals surface area (Å²) in [5, 5.41) is 11.4. The van der Waals surface area contributed by atoms with E-state index >= 15 is 0 Å². The van der Waals surface area contributed by atoms with Crippen LogP contribution in [-0.4, -0.2) is 61.2 Å². The monoisotopic (exact) mass is 478 g/mol. The molecule has 0 aliphatic carbocycles. The number of benzene rings is 3. The van der Waals surface area contributed by atoms with Crippen molar-refractivity contribution in [2.24, 2.45) is 0 Å². The number of nitrogens with zero attached hydrogens (tertiary/aromatic N) is 2. The van der Waals surface area contributed by atoms with Crippen LogP contribution in [0.5, 0.6) is 5.75 Å². The molecule has 1 fully saturated rings. The summed E-state index contributed by atoms with van der Waals surface area (Å²) in [5.41, 5.74) is 2.76. The van der Waals surface area contributed by atoms with Crippen molar-refractivity contribution in [2.45, 2.75) is 18.9 Å². The molecule has 178 valence electrons. The third-order valence-corrected chi connectivity index (χ3v) is 6.46. The van der Waals surface area contributed by atoms with E-state index in [0.717, 1.165) is 42.5 Å². The van der Waals surface area contributed by atoms with Crippen molar-refractivity contribution in [3.05, 3.63) is 95.0 Å². The molecule has 0 bridgehead atoms. The first-order valence-corrected chi connectivity index (χ1v) is 12.2. The Morgan fingerprint density at radius 2 is 1.59 bits per heavy atom. The Bertz CT molecular complexity index is 1070. The molecule has 3 aromatic carbocycles. The van der Waals surface area contributed by atoms with Gasteiger partial charge < -0.3 is 14.7 Å². The summed E-state index contributed by atoms with van der Waals surface area (Å²) < 4.78 is 5.89. The van der Waals surface area contributed by atoms with Crippen LogP contribution in [0.3, 0.4) is 0 Å². The number of ether oxygens (including phenoxy) is 1. The number of carbonyl (C=O) groups excluding carboxylic acids is 1. The number of halogens is 1. The first kappa shape index (κ1) is 24.3. The summed E-state index contributed by atoms with van der Waals surface area (Å²) in [4.78, 5) is 17.3. The summed E-state index contributed by atoms with van der Waals surface area (Å²) >= 11 is 6.33. The lowest BCUT2D eigenvalue weighted by atomic mass is 10.0. The first-order chi connectivity index (χ1) is 16.6. The second-order valence-electron chi connectivity index (χ2n) is 8.61. The highest BCUT2D eigenvalue weighted by Gasteiger charge is 2.21. The van der Waals surface area contributed by atoms with Crippen LogP contribution >= 0.6 is 11.6 Å². The molecule has 1 saturated heterocycles. The number of hydrogen-bond acceptors (Lipinski definition) is 5. The van der Waals surface area contributed by atoms with E-state index in [2.05, 4.69) is 9.80 Å². The molecule has 1 atom stereocenters. The van der Waals surface area contributed by atoms with E-state index in [1.165, 1.54) is 0 Å². The largest absolute Gasteiger partial charge is 0.490 e. The summed E-state index contributed by atoms with van der Waals surface area (Å²) in [6.45, 7) is 4.08. The Morgan fingerprint density at radius 3 is 2.35 bits per heavy atom. The second-order valence-corrected chi connectivity index (χ2v) is 9.02. The highest BCUT2D eigenvalue weighted by Crippen LogP contribution is 2.26. The summed E-state index contributed by atoms with van der Waals surface area (Å²) in [7, 11) is 0. The fraction of sp³-hybridized carbons (Fsp3) is 0.321. The fourth-order valence-corrected chi connectivity index (χ4v) is 4.53. The number of piperazine rings is 1. The molecule has 34 heavy (non-hydrogen) atoms. The van der Waals surface area contributed by atoms with Gasteiger partial charge in [0.2, 0.25) is 0 Å². The number of para-hydroxylation sites is 2. The molecule has 1 aliphatic rings. The van der Waals surface area contributed by atoms with Crippen LogP contribution < -0.4 is 9.64 Å². The van der Waals surface area contributed by atoms with Crippen molar-refractivity contribution >= 4 is 23.1 Å². The zero-order valence-corrected chi connectivity index (χ0v) is 20.0. The Balaban J connectivity index is 1.25. The number of Topliss-reactive ketones (excluding diaryl/α,β-unsaturated/α-hetero) is 1. The molecule has 0 spiro atoms. The molecule has 1 heterocycles. The van der Waals surface area contributed by atoms with Gasteiger partial charge in [0.25, 0.3) is 0 Å². The highest BCUT2D eigenvalue weighted by molar-refractivity contribution is 6.33. The third-order valence-electron chi connectivity index (χ3n) is 6.14. The van der Waals surface area contributed by atoms with E-state index in [1.54, 1.807) is 12.1 Å². The van der Waals surface area contributed by atoms with Gasteiger partial charge >= 0.3 is 0 Å². The van der Waals surface area contributed by atoms with Crippen LogP contribution in [0.25, 0.3) is 0 Å². The summed E-state index contributed by atoms with van der Waals surface area (Å²) in [6.07, 6.45) is 0.471. The van der Waals surface area contributed by atoms with Crippen LogP contribution in [0.1, 0.15) is 22.3 Å². The van der Waals surface area contributed by atoms with Gasteiger partial charge in [-0.25, -0.2) is 0 Å². The van der Waals surface area contributed by atoms with E-state index in [9.17, 15) is 9.90 Å². The Hall–Kier alpha value is -2.86. The lowest BCUT2D eigenvalue weighted by Gasteiger charge is -2.37. The number of aryl methyl sites for hydroxylation is 1. The third kappa shape index (κ3) is 6.60. The smallest absolute Gasteiger partial charge is 0.166 e. The molecule has 0 aromatic heterocycles. The number of aliphatic hydroxyl groups excluding tert-OH is 1. The number of ketones is 1. The van der Waals surface area contributed by atoms with E-state index in [1.807, 2.05) is 66.7 Å². The SMILES string of the molecule is O=C(CCc1ccccc1)c1ccccc1OCC(O)CN1CCN(c2ccccc2Cl)CC1. The normalized spacial score (nSPS) is 15.2. The van der Waals surface area contributed by atoms with Gasteiger partial charge in [0, 0.05) is 39.1 Å². The average Bonchev–Trinajstić information content (AvgIpc) is 2.88. The Morgan fingerprint density at radius 1 is 0.912 bits per heavy atom. The van der Waals surface area contributed by atoms with E-state index in [4.69, 9.17) is 16.3 Å². The van der Waals surface area contributed by atoms with Gasteiger partial charge in [0.1, 0.15) is 18.5 Å². The van der Waals surface area contributed by atoms with Crippen molar-refractivity contribution in [3.63, 3.8) is 0 Å². The zero-order chi connectivity index (χ0) is 23.8. The van der Waals surface area contributed by atoms with Crippen LogP contribution in [0.4, 0.5) is 5.69 Å². The maximum absolute atomic E-state index is 12.8. The highest BCUT2D eigenvalue weighted by atomic mass is 35.5. The van der Waals surface area contributed by atoms with E-state index in [-0.39, 0.29) is 12.4 Å². The lowest BCUT2D eigenvalue weighted by Crippen LogP contribution is -2.49. The van der Waals surface area contributed by atoms with Crippen molar-refractivity contribution in [2.75, 3.05) is 44.2 Å². The Labute approximate surface area is 206 Å². The van der Waals surface area contributed by atoms with Crippen LogP contribution in [0.2, 0.25) is 5.02 Å². The predicted octanol–water partition coefficient (Wildman–Crippen LogP) is 4.72. The molecule has 0 amide bonds. The number of β-amino-alcohol motifs (C(OH)–C–C–N with tert-alkyl or cyclic N) is 1. The molecule has 1 aliphatic heterocycles. The van der Waals surface area contributed by atoms with Gasteiger partial charge in [0.15, 0.2) is 5.78 Å². The number of rotatable bonds is 10. The number of hydrogen-bond donors (Lipinski definition) is 1. The molecule has 3 aromatic rings. The fourth-order valence-electron chi connectivity index (χ4n) is 4.28. The molecule has 0 radical (unpaired) electrons. The van der Waals surface area contributed by atoms with Gasteiger partial charge in [-0.2, -0.15) is 0 Å². The first-order valence-electron chi connectivity index (χ1n) is 11.8. The minimum Gasteiger partial charge on any atom is -0.490 e. The summed E-state index contributed by atoms with van der Waals surface area (Å²) in [6, 6.07) is 25.2. The van der Waals surface area contributed by atoms with Crippen molar-refractivity contribution in [1.82, 2.24) is 4.90 Å². The second kappa shape index (κ2) is 12.0. The minimum absolute atomic E-state index is 0.0460. The topological polar surface area (TPSA) is 53.0 Å². The van der Waals surface area contributed by atoms with Crippen LogP contribution in [0.15, 0.2) is 78.9 Å². The van der Waals surface area contributed by atoms with Gasteiger partial charge in [0.05, 0.1) is 16.3 Å². The van der Waals surface area contributed by atoms with Crippen LogP contribution in [0, 0.1) is 0 Å². The average molecular weight is 479 g/mol. The van der Waals surface area contributed by atoms with Crippen molar-refractivity contribution in [3.8, 4) is 5.75 Å². The maximum Gasteiger partial charge on any atom is 0.166 e. The van der Waals surface area contributed by atoms with E-state index in [0.29, 0.717) is 30.7 Å². The number of carbonyl (C=O) groups is 1. The standard InChI is InChI=1S/C28H31ClN2O3/c29-25-11-5-6-12-26(25)31-18-16-30(17-19-31)20-23(32)21-34-28-13-7-4-10-24(28)27(33)15-14-22-8-2-1-3-9-22/h1-13,23,32H,14-21H2. The molecule has 1 N–H and O–H groups in total. The van der Waals surface area contributed by atoms with Gasteiger partial charge in [-0.1, -0.05) is 66.2 Å². The van der Waals surface area contributed by atoms with Crippen molar-refractivity contribution < 1.29 is 14.6 Å². The maximum atomic E-state index is 12.8. The molecule has 1 unspecified atom stereocenters. The number of aliphatic hydroxyl groups is 1. The Kier molecular flexibility index (Phi) is 8.58. The molecule has 6 heteroatoms. The quantitative estimate of drug-likeness (QED) is 0.427. The molecule has 0 saturated carbocycles. The van der Waals surface area contributed by atoms with Crippen molar-refractivity contribution in [1.29, 1.82) is 0 Å². The molecular formula is C28H31ClN2O3. The minimum atomic E-state index is -0.639. The predicted molar refractivity (Wildman–Crippen MR) is 137 cm³/mol. The van der Waals surface area contributed by atoms with Gasteiger partial charge in [-0.3, -0.25) is 9.69 Å². The lowest BCUT2D eigenvalue weighted by molar-refractivity contribution is 0.0655. The van der Waals surface area contributed by atoms with E-state index < -0.39 is 6.10 Å². The molecular weight excluding hydrogens is 448 g/mol.